The highest BCUT2D eigenvalue weighted by molar-refractivity contribution is 5.85. The second-order valence-electron chi connectivity index (χ2n) is 5.25. The Kier molecular flexibility index (Phi) is 8.35. The van der Waals surface area contributed by atoms with Gasteiger partial charge in [-0.2, -0.15) is 0 Å². The van der Waals surface area contributed by atoms with Crippen LogP contribution in [-0.4, -0.2) is 35.6 Å². The van der Waals surface area contributed by atoms with Crippen molar-refractivity contribution in [2.45, 2.75) is 46.1 Å². The van der Waals surface area contributed by atoms with Gasteiger partial charge in [0.25, 0.3) is 0 Å². The maximum absolute atomic E-state index is 11.5. The van der Waals surface area contributed by atoms with Crippen LogP contribution < -0.4 is 16.4 Å². The first-order chi connectivity index (χ1) is 9.23. The maximum Gasteiger partial charge on any atom is 0.315 e. The molecule has 0 aliphatic carbocycles. The van der Waals surface area contributed by atoms with Crippen LogP contribution in [-0.2, 0) is 9.59 Å². The second kappa shape index (κ2) is 9.17. The van der Waals surface area contributed by atoms with Gasteiger partial charge >= 0.3 is 12.0 Å². The molecule has 0 bridgehead atoms. The number of carbonyl (C=O) groups excluding carboxylic acids is 2. The van der Waals surface area contributed by atoms with E-state index in [9.17, 15) is 14.4 Å². The topological polar surface area (TPSA) is 122 Å². The predicted molar refractivity (Wildman–Crippen MR) is 75.0 cm³/mol. The van der Waals surface area contributed by atoms with E-state index in [1.807, 2.05) is 13.8 Å². The molecule has 0 aliphatic rings. The average molecular weight is 287 g/mol. The lowest BCUT2D eigenvalue weighted by molar-refractivity contribution is -0.137. The Balaban J connectivity index is 4.01. The number of carbonyl (C=O) groups is 3. The molecule has 0 spiro atoms. The summed E-state index contributed by atoms with van der Waals surface area (Å²) >= 11 is 0. The minimum atomic E-state index is -0.809. The molecule has 2 atom stereocenters. The van der Waals surface area contributed by atoms with Crippen molar-refractivity contribution in [1.29, 1.82) is 0 Å². The van der Waals surface area contributed by atoms with Crippen LogP contribution in [0.5, 0.6) is 0 Å². The minimum absolute atomic E-state index is 0.133. The Morgan fingerprint density at radius 2 is 1.75 bits per heavy atom. The van der Waals surface area contributed by atoms with E-state index in [0.29, 0.717) is 25.3 Å². The van der Waals surface area contributed by atoms with Crippen LogP contribution in [0, 0.1) is 11.8 Å². The van der Waals surface area contributed by atoms with Gasteiger partial charge in [0.2, 0.25) is 5.91 Å². The number of aliphatic carboxylic acids is 1. The first-order valence-corrected chi connectivity index (χ1v) is 6.79. The van der Waals surface area contributed by atoms with Crippen molar-refractivity contribution in [1.82, 2.24) is 10.6 Å². The number of hydrogen-bond acceptors (Lipinski definition) is 3. The summed E-state index contributed by atoms with van der Waals surface area (Å²) in [6.07, 6.45) is 1.42. The molecule has 5 N–H and O–H groups in total. The lowest BCUT2D eigenvalue weighted by atomic mass is 9.88. The van der Waals surface area contributed by atoms with Crippen LogP contribution in [0.3, 0.4) is 0 Å². The van der Waals surface area contributed by atoms with E-state index in [2.05, 4.69) is 10.6 Å². The molecular formula is C13H25N3O4. The number of rotatable bonds is 9. The first-order valence-electron chi connectivity index (χ1n) is 6.79. The van der Waals surface area contributed by atoms with Crippen molar-refractivity contribution in [3.05, 3.63) is 0 Å². The fraction of sp³-hybridized carbons (Fsp3) is 0.769. The lowest BCUT2D eigenvalue weighted by Crippen LogP contribution is -2.47. The summed E-state index contributed by atoms with van der Waals surface area (Å²) in [6.45, 7) is 6.00. The Labute approximate surface area is 119 Å². The number of carboxylic acid groups (broad SMARTS) is 1. The molecule has 0 saturated carbocycles. The van der Waals surface area contributed by atoms with Gasteiger partial charge in [-0.1, -0.05) is 13.8 Å². The molecule has 0 aromatic carbocycles. The van der Waals surface area contributed by atoms with Crippen LogP contribution >= 0.6 is 0 Å². The largest absolute Gasteiger partial charge is 0.481 e. The van der Waals surface area contributed by atoms with Gasteiger partial charge in [-0.3, -0.25) is 9.59 Å². The molecule has 0 aromatic heterocycles. The Hall–Kier alpha value is -1.79. The van der Waals surface area contributed by atoms with Crippen LogP contribution in [0.15, 0.2) is 0 Å². The maximum atomic E-state index is 11.5. The zero-order valence-electron chi connectivity index (χ0n) is 12.3. The molecule has 0 aliphatic heterocycles. The normalized spacial score (nSPS) is 13.6. The summed E-state index contributed by atoms with van der Waals surface area (Å²) in [5, 5.41) is 13.7. The monoisotopic (exact) mass is 287 g/mol. The van der Waals surface area contributed by atoms with E-state index >= 15 is 0 Å². The number of nitrogens with one attached hydrogen (secondary N) is 2. The molecule has 2 unspecified atom stereocenters. The zero-order chi connectivity index (χ0) is 15.7. The van der Waals surface area contributed by atoms with Crippen molar-refractivity contribution in [2.75, 3.05) is 6.54 Å². The second-order valence-corrected chi connectivity index (χ2v) is 5.25. The fourth-order valence-corrected chi connectivity index (χ4v) is 1.81. The SMILES string of the molecule is CC(NC(=O)NCCC(CCC(=O)O)C(C)C)C(N)=O. The van der Waals surface area contributed by atoms with E-state index in [4.69, 9.17) is 10.8 Å². The summed E-state index contributed by atoms with van der Waals surface area (Å²) in [5.74, 6) is -0.818. The average Bonchev–Trinajstić information content (AvgIpc) is 2.32. The molecule has 116 valence electrons. The third-order valence-corrected chi connectivity index (χ3v) is 3.25. The molecule has 0 saturated heterocycles. The van der Waals surface area contributed by atoms with Crippen molar-refractivity contribution in [3.63, 3.8) is 0 Å². The quantitative estimate of drug-likeness (QED) is 0.498. The van der Waals surface area contributed by atoms with Gasteiger partial charge in [0.05, 0.1) is 0 Å². The van der Waals surface area contributed by atoms with Crippen LogP contribution in [0.2, 0.25) is 0 Å². The van der Waals surface area contributed by atoms with E-state index in [1.54, 1.807) is 0 Å². The number of urea groups is 1. The summed E-state index contributed by atoms with van der Waals surface area (Å²) in [5.41, 5.74) is 5.03. The predicted octanol–water partition coefficient (Wildman–Crippen LogP) is 0.686. The zero-order valence-corrected chi connectivity index (χ0v) is 12.3. The molecule has 0 radical (unpaired) electrons. The first kappa shape index (κ1) is 18.2. The molecule has 0 fully saturated rings. The van der Waals surface area contributed by atoms with Gasteiger partial charge in [0.15, 0.2) is 0 Å². The third kappa shape index (κ3) is 8.34. The van der Waals surface area contributed by atoms with Gasteiger partial charge in [-0.15, -0.1) is 0 Å². The molecule has 0 aromatic rings. The number of hydrogen-bond donors (Lipinski definition) is 4. The number of primary amides is 1. The van der Waals surface area contributed by atoms with E-state index in [0.717, 1.165) is 0 Å². The van der Waals surface area contributed by atoms with E-state index in [1.165, 1.54) is 6.92 Å². The van der Waals surface area contributed by atoms with Crippen LogP contribution in [0.4, 0.5) is 4.79 Å². The van der Waals surface area contributed by atoms with Crippen molar-refractivity contribution in [2.24, 2.45) is 17.6 Å². The van der Waals surface area contributed by atoms with Crippen molar-refractivity contribution >= 4 is 17.9 Å². The highest BCUT2D eigenvalue weighted by atomic mass is 16.4. The lowest BCUT2D eigenvalue weighted by Gasteiger charge is -2.20. The molecule has 0 heterocycles. The van der Waals surface area contributed by atoms with Gasteiger partial charge in [0, 0.05) is 13.0 Å². The molecule has 20 heavy (non-hydrogen) atoms. The number of carboxylic acids is 1. The Morgan fingerprint density at radius 1 is 1.15 bits per heavy atom. The molecular weight excluding hydrogens is 262 g/mol. The smallest absolute Gasteiger partial charge is 0.315 e. The molecule has 7 heteroatoms. The highest BCUT2D eigenvalue weighted by Crippen LogP contribution is 2.20. The summed E-state index contributed by atoms with van der Waals surface area (Å²) < 4.78 is 0. The Bertz CT molecular complexity index is 345. The van der Waals surface area contributed by atoms with Gasteiger partial charge in [0.1, 0.15) is 6.04 Å². The van der Waals surface area contributed by atoms with Gasteiger partial charge in [-0.25, -0.2) is 4.79 Å². The number of amides is 3. The third-order valence-electron chi connectivity index (χ3n) is 3.25. The van der Waals surface area contributed by atoms with Gasteiger partial charge < -0.3 is 21.5 Å². The molecule has 7 nitrogen and oxygen atoms in total. The standard InChI is InChI=1S/C13H25N3O4/c1-8(2)10(4-5-11(17)18)6-7-15-13(20)16-9(3)12(14)19/h8-10H,4-7H2,1-3H3,(H2,14,19)(H,17,18)(H2,15,16,20). The summed E-state index contributed by atoms with van der Waals surface area (Å²) in [6, 6.07) is -1.17. The van der Waals surface area contributed by atoms with Gasteiger partial charge in [-0.05, 0) is 31.6 Å². The minimum Gasteiger partial charge on any atom is -0.481 e. The van der Waals surface area contributed by atoms with E-state index < -0.39 is 23.9 Å². The van der Waals surface area contributed by atoms with Crippen LogP contribution in [0.25, 0.3) is 0 Å². The molecule has 0 rings (SSSR count). The van der Waals surface area contributed by atoms with Crippen molar-refractivity contribution in [3.8, 4) is 0 Å². The van der Waals surface area contributed by atoms with Crippen LogP contribution in [0.1, 0.15) is 40.0 Å². The number of nitrogens with two attached hydrogens (primary N) is 1. The fourth-order valence-electron chi connectivity index (χ4n) is 1.81. The van der Waals surface area contributed by atoms with E-state index in [-0.39, 0.29) is 12.3 Å². The van der Waals surface area contributed by atoms with Crippen molar-refractivity contribution < 1.29 is 19.5 Å². The highest BCUT2D eigenvalue weighted by Gasteiger charge is 2.16. The Morgan fingerprint density at radius 3 is 2.20 bits per heavy atom. The summed E-state index contributed by atoms with van der Waals surface area (Å²) in [7, 11) is 0. The summed E-state index contributed by atoms with van der Waals surface area (Å²) in [4.78, 5) is 32.8. The molecule has 3 amide bonds.